The molecule has 100 valence electrons. The van der Waals surface area contributed by atoms with Gasteiger partial charge >= 0.3 is 0 Å². The fraction of sp³-hybridized carbons (Fsp3) is 0.214. The summed E-state index contributed by atoms with van der Waals surface area (Å²) in [7, 11) is 3.08. The molecule has 0 amide bonds. The van der Waals surface area contributed by atoms with Crippen LogP contribution in [0.2, 0.25) is 0 Å². The van der Waals surface area contributed by atoms with Crippen LogP contribution in [-0.2, 0) is 6.54 Å². The lowest BCUT2D eigenvalue weighted by molar-refractivity contribution is 0.393. The van der Waals surface area contributed by atoms with E-state index in [-0.39, 0.29) is 5.82 Å². The van der Waals surface area contributed by atoms with Crippen LogP contribution in [0, 0.1) is 5.82 Å². The molecule has 0 spiro atoms. The predicted octanol–water partition coefficient (Wildman–Crippen LogP) is 2.85. The van der Waals surface area contributed by atoms with Gasteiger partial charge in [-0.05, 0) is 18.2 Å². The Labute approximate surface area is 111 Å². The summed E-state index contributed by atoms with van der Waals surface area (Å²) in [4.78, 5) is 4.11. The van der Waals surface area contributed by atoms with Gasteiger partial charge in [-0.2, -0.15) is 0 Å². The molecule has 2 rings (SSSR count). The van der Waals surface area contributed by atoms with E-state index in [0.29, 0.717) is 18.2 Å². The molecule has 1 aromatic carbocycles. The van der Waals surface area contributed by atoms with Gasteiger partial charge in [0.05, 0.1) is 19.9 Å². The Balaban J connectivity index is 2.14. The standard InChI is InChI=1S/C14H15FN2O2/c1-18-13-8-11(15)5-6-12(13)17-9-10-4-3-7-16-14(10)19-2/h3-8,17H,9H2,1-2H3. The second kappa shape index (κ2) is 6.04. The Hall–Kier alpha value is -2.30. The number of hydrogen-bond acceptors (Lipinski definition) is 4. The molecule has 0 radical (unpaired) electrons. The highest BCUT2D eigenvalue weighted by molar-refractivity contribution is 5.56. The molecule has 1 heterocycles. The zero-order chi connectivity index (χ0) is 13.7. The molecular formula is C14H15FN2O2. The number of nitrogens with one attached hydrogen (secondary N) is 1. The molecule has 2 aromatic rings. The van der Waals surface area contributed by atoms with Crippen LogP contribution in [-0.4, -0.2) is 19.2 Å². The van der Waals surface area contributed by atoms with Crippen LogP contribution in [0.3, 0.4) is 0 Å². The topological polar surface area (TPSA) is 43.4 Å². The second-order valence-corrected chi connectivity index (χ2v) is 3.87. The quantitative estimate of drug-likeness (QED) is 0.899. The Morgan fingerprint density at radius 1 is 1.21 bits per heavy atom. The van der Waals surface area contributed by atoms with Crippen LogP contribution in [0.4, 0.5) is 10.1 Å². The summed E-state index contributed by atoms with van der Waals surface area (Å²) in [6, 6.07) is 8.10. The zero-order valence-corrected chi connectivity index (χ0v) is 10.8. The largest absolute Gasteiger partial charge is 0.494 e. The van der Waals surface area contributed by atoms with Crippen molar-refractivity contribution in [2.24, 2.45) is 0 Å². The van der Waals surface area contributed by atoms with Crippen molar-refractivity contribution in [3.05, 3.63) is 47.9 Å². The predicted molar refractivity (Wildman–Crippen MR) is 71.1 cm³/mol. The van der Waals surface area contributed by atoms with E-state index in [9.17, 15) is 4.39 Å². The van der Waals surface area contributed by atoms with Gasteiger partial charge in [-0.15, -0.1) is 0 Å². The van der Waals surface area contributed by atoms with Gasteiger partial charge in [-0.1, -0.05) is 6.07 Å². The van der Waals surface area contributed by atoms with Crippen molar-refractivity contribution in [1.82, 2.24) is 4.98 Å². The minimum Gasteiger partial charge on any atom is -0.494 e. The van der Waals surface area contributed by atoms with Gasteiger partial charge in [0.15, 0.2) is 0 Å². The van der Waals surface area contributed by atoms with E-state index in [1.54, 1.807) is 19.4 Å². The van der Waals surface area contributed by atoms with Crippen molar-refractivity contribution in [2.75, 3.05) is 19.5 Å². The third kappa shape index (κ3) is 3.13. The van der Waals surface area contributed by atoms with Crippen LogP contribution in [0.5, 0.6) is 11.6 Å². The molecule has 1 N–H and O–H groups in total. The fourth-order valence-electron chi connectivity index (χ4n) is 1.74. The van der Waals surface area contributed by atoms with E-state index >= 15 is 0 Å². The zero-order valence-electron chi connectivity index (χ0n) is 10.8. The van der Waals surface area contributed by atoms with Crippen LogP contribution < -0.4 is 14.8 Å². The number of methoxy groups -OCH3 is 2. The smallest absolute Gasteiger partial charge is 0.218 e. The molecule has 19 heavy (non-hydrogen) atoms. The first-order chi connectivity index (χ1) is 9.24. The molecule has 0 unspecified atom stereocenters. The summed E-state index contributed by atoms with van der Waals surface area (Å²) >= 11 is 0. The van der Waals surface area contributed by atoms with Crippen molar-refractivity contribution < 1.29 is 13.9 Å². The third-order valence-corrected chi connectivity index (χ3v) is 2.68. The average molecular weight is 262 g/mol. The Morgan fingerprint density at radius 3 is 2.79 bits per heavy atom. The highest BCUT2D eigenvalue weighted by atomic mass is 19.1. The average Bonchev–Trinajstić information content (AvgIpc) is 2.46. The van der Waals surface area contributed by atoms with E-state index in [1.165, 1.54) is 19.2 Å². The van der Waals surface area contributed by atoms with Gasteiger partial charge in [-0.3, -0.25) is 0 Å². The molecule has 0 bridgehead atoms. The van der Waals surface area contributed by atoms with Crippen LogP contribution in [0.25, 0.3) is 0 Å². The van der Waals surface area contributed by atoms with E-state index < -0.39 is 0 Å². The van der Waals surface area contributed by atoms with E-state index in [2.05, 4.69) is 10.3 Å². The highest BCUT2D eigenvalue weighted by Gasteiger charge is 2.07. The van der Waals surface area contributed by atoms with Crippen LogP contribution in [0.1, 0.15) is 5.56 Å². The molecule has 0 saturated carbocycles. The van der Waals surface area contributed by atoms with Gasteiger partial charge < -0.3 is 14.8 Å². The first-order valence-corrected chi connectivity index (χ1v) is 5.80. The van der Waals surface area contributed by atoms with Crippen molar-refractivity contribution in [1.29, 1.82) is 0 Å². The van der Waals surface area contributed by atoms with E-state index in [4.69, 9.17) is 9.47 Å². The van der Waals surface area contributed by atoms with Crippen molar-refractivity contribution >= 4 is 5.69 Å². The number of rotatable bonds is 5. The van der Waals surface area contributed by atoms with E-state index in [1.807, 2.05) is 12.1 Å². The number of halogens is 1. The molecule has 4 nitrogen and oxygen atoms in total. The highest BCUT2D eigenvalue weighted by Crippen LogP contribution is 2.26. The van der Waals surface area contributed by atoms with Crippen LogP contribution >= 0.6 is 0 Å². The molecule has 0 saturated heterocycles. The summed E-state index contributed by atoms with van der Waals surface area (Å²) in [5.41, 5.74) is 1.63. The Kier molecular flexibility index (Phi) is 4.18. The molecule has 0 aliphatic rings. The molecule has 5 heteroatoms. The minimum atomic E-state index is -0.332. The minimum absolute atomic E-state index is 0.332. The summed E-state index contributed by atoms with van der Waals surface area (Å²) in [5, 5.41) is 3.17. The molecule has 0 aliphatic carbocycles. The lowest BCUT2D eigenvalue weighted by Gasteiger charge is -2.12. The SMILES string of the molecule is COc1cc(F)ccc1NCc1cccnc1OC. The summed E-state index contributed by atoms with van der Waals surface area (Å²) in [5.74, 6) is 0.695. The first kappa shape index (κ1) is 13.1. The third-order valence-electron chi connectivity index (χ3n) is 2.68. The number of nitrogens with zero attached hydrogens (tertiary/aromatic N) is 1. The van der Waals surface area contributed by atoms with Gasteiger partial charge in [0, 0.05) is 24.4 Å². The molecule has 0 aliphatic heterocycles. The Bertz CT molecular complexity index is 561. The van der Waals surface area contributed by atoms with Crippen molar-refractivity contribution in [3.8, 4) is 11.6 Å². The number of ether oxygens (including phenoxy) is 2. The number of anilines is 1. The molecule has 0 fully saturated rings. The fourth-order valence-corrected chi connectivity index (χ4v) is 1.74. The lowest BCUT2D eigenvalue weighted by atomic mass is 10.2. The summed E-state index contributed by atoms with van der Waals surface area (Å²) in [6.45, 7) is 0.513. The second-order valence-electron chi connectivity index (χ2n) is 3.87. The number of aromatic nitrogens is 1. The van der Waals surface area contributed by atoms with Crippen LogP contribution in [0.15, 0.2) is 36.5 Å². The summed E-state index contributed by atoms with van der Waals surface area (Å²) in [6.07, 6.45) is 1.67. The number of benzene rings is 1. The van der Waals surface area contributed by atoms with Crippen molar-refractivity contribution in [2.45, 2.75) is 6.54 Å². The van der Waals surface area contributed by atoms with Crippen molar-refractivity contribution in [3.63, 3.8) is 0 Å². The summed E-state index contributed by atoms with van der Waals surface area (Å²) < 4.78 is 23.4. The molecular weight excluding hydrogens is 247 g/mol. The van der Waals surface area contributed by atoms with Gasteiger partial charge in [-0.25, -0.2) is 9.37 Å². The Morgan fingerprint density at radius 2 is 2.05 bits per heavy atom. The van der Waals surface area contributed by atoms with E-state index in [0.717, 1.165) is 11.3 Å². The maximum atomic E-state index is 13.1. The van der Waals surface area contributed by atoms with Gasteiger partial charge in [0.1, 0.15) is 11.6 Å². The van der Waals surface area contributed by atoms with Gasteiger partial charge in [0.25, 0.3) is 0 Å². The first-order valence-electron chi connectivity index (χ1n) is 5.80. The van der Waals surface area contributed by atoms with Gasteiger partial charge in [0.2, 0.25) is 5.88 Å². The number of hydrogen-bond donors (Lipinski definition) is 1. The molecule has 0 atom stereocenters. The lowest BCUT2D eigenvalue weighted by Crippen LogP contribution is -2.04. The molecule has 1 aromatic heterocycles. The maximum Gasteiger partial charge on any atom is 0.218 e. The monoisotopic (exact) mass is 262 g/mol. The maximum absolute atomic E-state index is 13.1. The number of pyridine rings is 1. The normalized spacial score (nSPS) is 10.1.